The second-order valence-corrected chi connectivity index (χ2v) is 2.68. The second-order valence-electron chi connectivity index (χ2n) is 2.68. The monoisotopic (exact) mass is 167 g/mol. The molecule has 0 aromatic carbocycles. The predicted molar refractivity (Wildman–Crippen MR) is 45.4 cm³/mol. The van der Waals surface area contributed by atoms with E-state index in [1.54, 1.807) is 13.1 Å². The molecule has 0 aliphatic rings. The van der Waals surface area contributed by atoms with Crippen LogP contribution in [-0.2, 0) is 6.54 Å². The summed E-state index contributed by atoms with van der Waals surface area (Å²) in [4.78, 5) is 7.82. The van der Waals surface area contributed by atoms with Gasteiger partial charge in [-0.05, 0) is 13.0 Å². The Morgan fingerprint density at radius 1 is 1.67 bits per heavy atom. The van der Waals surface area contributed by atoms with Crippen molar-refractivity contribution < 1.29 is 5.11 Å². The standard InChI is InChI=1S/C8H13N3O/c1-7(12)4-10-5-8-2-3-9-6-11-8/h2-3,6-7,10,12H,4-5H2,1H3/t7-/m1/s1. The van der Waals surface area contributed by atoms with Crippen molar-refractivity contribution in [1.82, 2.24) is 15.3 Å². The summed E-state index contributed by atoms with van der Waals surface area (Å²) in [6.07, 6.45) is 2.90. The summed E-state index contributed by atoms with van der Waals surface area (Å²) in [7, 11) is 0. The van der Waals surface area contributed by atoms with Crippen LogP contribution in [0.4, 0.5) is 0 Å². The van der Waals surface area contributed by atoms with Crippen molar-refractivity contribution in [2.24, 2.45) is 0 Å². The molecule has 0 aliphatic heterocycles. The minimum Gasteiger partial charge on any atom is -0.392 e. The van der Waals surface area contributed by atoms with Crippen LogP contribution in [-0.4, -0.2) is 27.7 Å². The lowest BCUT2D eigenvalue weighted by Gasteiger charge is -2.05. The van der Waals surface area contributed by atoms with E-state index >= 15 is 0 Å². The van der Waals surface area contributed by atoms with Gasteiger partial charge in [0.1, 0.15) is 6.33 Å². The molecule has 12 heavy (non-hydrogen) atoms. The van der Waals surface area contributed by atoms with Crippen molar-refractivity contribution in [2.75, 3.05) is 6.54 Å². The molecule has 0 bridgehead atoms. The van der Waals surface area contributed by atoms with Crippen molar-refractivity contribution >= 4 is 0 Å². The fourth-order valence-corrected chi connectivity index (χ4v) is 0.832. The molecule has 1 heterocycles. The topological polar surface area (TPSA) is 58.0 Å². The van der Waals surface area contributed by atoms with Gasteiger partial charge >= 0.3 is 0 Å². The zero-order chi connectivity index (χ0) is 8.81. The first kappa shape index (κ1) is 9.09. The summed E-state index contributed by atoms with van der Waals surface area (Å²) >= 11 is 0. The van der Waals surface area contributed by atoms with Crippen LogP contribution in [0.25, 0.3) is 0 Å². The smallest absolute Gasteiger partial charge is 0.115 e. The molecule has 1 aromatic rings. The first-order valence-electron chi connectivity index (χ1n) is 3.92. The van der Waals surface area contributed by atoms with E-state index < -0.39 is 0 Å². The fraction of sp³-hybridized carbons (Fsp3) is 0.500. The Morgan fingerprint density at radius 2 is 2.50 bits per heavy atom. The van der Waals surface area contributed by atoms with E-state index in [-0.39, 0.29) is 6.10 Å². The first-order valence-corrected chi connectivity index (χ1v) is 3.92. The molecule has 1 aromatic heterocycles. The summed E-state index contributed by atoms with van der Waals surface area (Å²) in [5.41, 5.74) is 0.936. The van der Waals surface area contributed by atoms with E-state index in [1.807, 2.05) is 6.07 Å². The molecule has 1 rings (SSSR count). The molecule has 1 atom stereocenters. The van der Waals surface area contributed by atoms with E-state index in [2.05, 4.69) is 15.3 Å². The third-order valence-corrected chi connectivity index (χ3v) is 1.39. The van der Waals surface area contributed by atoms with Gasteiger partial charge in [0.25, 0.3) is 0 Å². The van der Waals surface area contributed by atoms with Crippen molar-refractivity contribution in [3.63, 3.8) is 0 Å². The molecule has 4 heteroatoms. The van der Waals surface area contributed by atoms with Crippen LogP contribution in [0.3, 0.4) is 0 Å². The molecule has 0 aliphatic carbocycles. The van der Waals surface area contributed by atoms with Gasteiger partial charge in [-0.15, -0.1) is 0 Å². The van der Waals surface area contributed by atoms with E-state index in [9.17, 15) is 0 Å². The van der Waals surface area contributed by atoms with Crippen LogP contribution in [0.2, 0.25) is 0 Å². The average Bonchev–Trinajstić information content (AvgIpc) is 2.05. The number of aliphatic hydroxyl groups excluding tert-OH is 1. The van der Waals surface area contributed by atoms with Gasteiger partial charge in [-0.3, -0.25) is 0 Å². The van der Waals surface area contributed by atoms with Gasteiger partial charge in [-0.25, -0.2) is 9.97 Å². The van der Waals surface area contributed by atoms with Crippen LogP contribution in [0.1, 0.15) is 12.6 Å². The molecule has 0 saturated carbocycles. The third-order valence-electron chi connectivity index (χ3n) is 1.39. The lowest BCUT2D eigenvalue weighted by atomic mass is 10.3. The largest absolute Gasteiger partial charge is 0.392 e. The van der Waals surface area contributed by atoms with Crippen LogP contribution < -0.4 is 5.32 Å². The van der Waals surface area contributed by atoms with Gasteiger partial charge in [0.2, 0.25) is 0 Å². The summed E-state index contributed by atoms with van der Waals surface area (Å²) in [5.74, 6) is 0. The first-order chi connectivity index (χ1) is 5.79. The summed E-state index contributed by atoms with van der Waals surface area (Å²) in [6.45, 7) is 3.00. The van der Waals surface area contributed by atoms with Crippen LogP contribution in [0, 0.1) is 0 Å². The summed E-state index contributed by atoms with van der Waals surface area (Å²) in [5, 5.41) is 12.0. The lowest BCUT2D eigenvalue weighted by molar-refractivity contribution is 0.191. The van der Waals surface area contributed by atoms with Crippen LogP contribution in [0.15, 0.2) is 18.6 Å². The maximum absolute atomic E-state index is 8.94. The predicted octanol–water partition coefficient (Wildman–Crippen LogP) is -0.0530. The Kier molecular flexibility index (Phi) is 3.63. The molecule has 4 nitrogen and oxygen atoms in total. The maximum atomic E-state index is 8.94. The summed E-state index contributed by atoms with van der Waals surface area (Å²) in [6, 6.07) is 1.84. The minimum atomic E-state index is -0.313. The molecule has 2 N–H and O–H groups in total. The molecule has 0 fully saturated rings. The fourth-order valence-electron chi connectivity index (χ4n) is 0.832. The molecule has 66 valence electrons. The lowest BCUT2D eigenvalue weighted by Crippen LogP contribution is -2.24. The number of nitrogens with one attached hydrogen (secondary N) is 1. The van der Waals surface area contributed by atoms with Crippen molar-refractivity contribution in [3.05, 3.63) is 24.3 Å². The number of rotatable bonds is 4. The Labute approximate surface area is 71.7 Å². The molecular weight excluding hydrogens is 154 g/mol. The Bertz CT molecular complexity index is 213. The zero-order valence-electron chi connectivity index (χ0n) is 7.07. The maximum Gasteiger partial charge on any atom is 0.115 e. The number of aromatic nitrogens is 2. The van der Waals surface area contributed by atoms with Crippen LogP contribution in [0.5, 0.6) is 0 Å². The zero-order valence-corrected chi connectivity index (χ0v) is 7.07. The van der Waals surface area contributed by atoms with Crippen molar-refractivity contribution in [3.8, 4) is 0 Å². The van der Waals surface area contributed by atoms with Gasteiger partial charge < -0.3 is 10.4 Å². The SMILES string of the molecule is C[C@@H](O)CNCc1ccncn1. The summed E-state index contributed by atoms with van der Waals surface area (Å²) < 4.78 is 0. The number of hydrogen-bond donors (Lipinski definition) is 2. The highest BCUT2D eigenvalue weighted by molar-refractivity contribution is 4.96. The van der Waals surface area contributed by atoms with Gasteiger partial charge in [-0.1, -0.05) is 0 Å². The molecule has 0 unspecified atom stereocenters. The Hall–Kier alpha value is -1.00. The number of hydrogen-bond acceptors (Lipinski definition) is 4. The van der Waals surface area contributed by atoms with Gasteiger partial charge in [0, 0.05) is 19.3 Å². The highest BCUT2D eigenvalue weighted by Gasteiger charge is 1.95. The highest BCUT2D eigenvalue weighted by Crippen LogP contribution is 1.89. The van der Waals surface area contributed by atoms with E-state index in [0.717, 1.165) is 5.69 Å². The Balaban J connectivity index is 2.25. The molecular formula is C8H13N3O. The van der Waals surface area contributed by atoms with E-state index in [4.69, 9.17) is 5.11 Å². The van der Waals surface area contributed by atoms with Crippen molar-refractivity contribution in [2.45, 2.75) is 19.6 Å². The Morgan fingerprint density at radius 3 is 3.08 bits per heavy atom. The van der Waals surface area contributed by atoms with Gasteiger partial charge in [-0.2, -0.15) is 0 Å². The second kappa shape index (κ2) is 4.79. The quantitative estimate of drug-likeness (QED) is 0.660. The van der Waals surface area contributed by atoms with Gasteiger partial charge in [0.05, 0.1) is 11.8 Å². The third kappa shape index (κ3) is 3.41. The molecule has 0 saturated heterocycles. The normalized spacial score (nSPS) is 12.8. The van der Waals surface area contributed by atoms with Gasteiger partial charge in [0.15, 0.2) is 0 Å². The number of aliphatic hydroxyl groups is 1. The molecule has 0 amide bonds. The van der Waals surface area contributed by atoms with Crippen molar-refractivity contribution in [1.29, 1.82) is 0 Å². The van der Waals surface area contributed by atoms with E-state index in [1.165, 1.54) is 6.33 Å². The van der Waals surface area contributed by atoms with E-state index in [0.29, 0.717) is 13.1 Å². The highest BCUT2D eigenvalue weighted by atomic mass is 16.3. The van der Waals surface area contributed by atoms with Crippen LogP contribution >= 0.6 is 0 Å². The molecule has 0 radical (unpaired) electrons. The minimum absolute atomic E-state index is 0.313. The average molecular weight is 167 g/mol. The molecule has 0 spiro atoms. The number of nitrogens with zero attached hydrogens (tertiary/aromatic N) is 2.